The van der Waals surface area contributed by atoms with E-state index in [2.05, 4.69) is 39.8 Å². The van der Waals surface area contributed by atoms with Gasteiger partial charge >= 0.3 is 18.0 Å². The molecule has 0 radical (unpaired) electrons. The van der Waals surface area contributed by atoms with E-state index >= 15 is 0 Å². The van der Waals surface area contributed by atoms with E-state index in [9.17, 15) is 66.6 Å². The Balaban J connectivity index is 0.699. The van der Waals surface area contributed by atoms with Gasteiger partial charge in [0.25, 0.3) is 27.8 Å². The van der Waals surface area contributed by atoms with E-state index in [0.717, 1.165) is 59.0 Å². The molecule has 1 saturated heterocycles. The molecule has 4 saturated carbocycles. The summed E-state index contributed by atoms with van der Waals surface area (Å²) in [6.07, 6.45) is 6.97. The van der Waals surface area contributed by atoms with Crippen molar-refractivity contribution in [1.82, 2.24) is 30.4 Å². The first kappa shape index (κ1) is 75.6. The number of aliphatic hydroxyl groups excluding tert-OH is 1. The number of nitrogens with one attached hydrogen (secondary N) is 3. The monoisotopic (exact) mass is 1470 g/mol. The number of anilines is 1. The van der Waals surface area contributed by atoms with Gasteiger partial charge in [-0.05, 0) is 164 Å². The number of imide groups is 1. The number of aliphatic hydroxyl groups is 1. The lowest BCUT2D eigenvalue weighted by Gasteiger charge is -2.69. The Labute approximate surface area is 605 Å². The number of carboxylic acid groups (broad SMARTS) is 2. The summed E-state index contributed by atoms with van der Waals surface area (Å²) >= 11 is 1.38. The van der Waals surface area contributed by atoms with Crippen LogP contribution in [0.1, 0.15) is 148 Å². The summed E-state index contributed by atoms with van der Waals surface area (Å²) in [5.41, 5.74) is 9.94. The average molecular weight is 1470 g/mol. The number of fused-ring (bicyclic) bond motifs is 2. The Hall–Kier alpha value is -9.52. The highest BCUT2D eigenvalue weighted by molar-refractivity contribution is 7.85. The summed E-state index contributed by atoms with van der Waals surface area (Å²) in [5, 5.41) is 40.7. The molecule has 2 aliphatic heterocycles. The number of allylic oxidation sites excluding steroid dienone is 1. The summed E-state index contributed by atoms with van der Waals surface area (Å²) in [7, 11) is -3.10. The molecule has 27 nitrogen and oxygen atoms in total. The van der Waals surface area contributed by atoms with Gasteiger partial charge in [0.2, 0.25) is 18.1 Å². The largest absolute Gasteiger partial charge is 0.479 e. The zero-order valence-electron chi connectivity index (χ0n) is 58.4. The molecule has 4 aromatic carbocycles. The highest BCUT2D eigenvalue weighted by Gasteiger charge is 2.66. The van der Waals surface area contributed by atoms with Gasteiger partial charge < -0.3 is 55.5 Å². The molecule has 2 unspecified atom stereocenters. The lowest BCUT2D eigenvalue weighted by molar-refractivity contribution is -0.242. The Bertz CT molecular complexity index is 4470. The number of aromatic carboxylic acids is 1. The van der Waals surface area contributed by atoms with Crippen molar-refractivity contribution in [3.8, 4) is 17.0 Å². The van der Waals surface area contributed by atoms with Gasteiger partial charge in [-0.15, -0.1) is 0 Å². The highest BCUT2D eigenvalue weighted by Crippen LogP contribution is 2.71. The number of aromatic nitrogens is 2. The summed E-state index contributed by atoms with van der Waals surface area (Å²) < 4.78 is 59.0. The zero-order valence-corrected chi connectivity index (χ0v) is 60.0. The number of hydrogen-bond acceptors (Lipinski definition) is 20. The number of carbonyl (C=O) groups excluding carboxylic acids is 6. The minimum absolute atomic E-state index is 0.00411. The van der Waals surface area contributed by atoms with Crippen LogP contribution in [0, 0.1) is 16.2 Å². The first-order chi connectivity index (χ1) is 49.5. The molecular formula is C75H87N9O18S2. The van der Waals surface area contributed by atoms with Gasteiger partial charge in [0.15, 0.2) is 16.9 Å². The number of para-hydroxylation sites is 1. The number of rotatable bonds is 32. The van der Waals surface area contributed by atoms with E-state index in [-0.39, 0.29) is 85.7 Å². The zero-order chi connectivity index (χ0) is 74.3. The molecule has 6 aliphatic rings. The van der Waals surface area contributed by atoms with Crippen molar-refractivity contribution in [3.63, 3.8) is 0 Å². The molecule has 6 amide bonds. The van der Waals surface area contributed by atoms with Crippen molar-refractivity contribution < 1.29 is 85.6 Å². The number of aliphatic carboxylic acids is 1. The molecule has 6 aromatic rings. The van der Waals surface area contributed by atoms with Crippen molar-refractivity contribution in [2.45, 2.75) is 154 Å². The van der Waals surface area contributed by atoms with Crippen molar-refractivity contribution >= 4 is 106 Å². The summed E-state index contributed by atoms with van der Waals surface area (Å²) in [6, 6.07) is 25.4. The van der Waals surface area contributed by atoms with Crippen LogP contribution in [0.25, 0.3) is 37.8 Å². The topological polar surface area (TPSA) is 395 Å². The first-order valence-electron chi connectivity index (χ1n) is 34.8. The van der Waals surface area contributed by atoms with Crippen LogP contribution in [0.15, 0.2) is 114 Å². The van der Waals surface area contributed by atoms with Crippen LogP contribution in [-0.4, -0.2) is 177 Å². The maximum Gasteiger partial charge on any atom is 0.409 e. The molecule has 0 spiro atoms. The van der Waals surface area contributed by atoms with Crippen LogP contribution >= 0.6 is 11.3 Å². The second-order valence-corrected chi connectivity index (χ2v) is 31.4. The molecule has 12 rings (SSSR count). The number of carboxylic acids is 2. The van der Waals surface area contributed by atoms with Crippen LogP contribution in [0.4, 0.5) is 9.93 Å². The molecule has 552 valence electrons. The fourth-order valence-electron chi connectivity index (χ4n) is 16.5. The number of benzene rings is 4. The highest BCUT2D eigenvalue weighted by atomic mass is 32.2. The number of unbranched alkanes of at least 4 members (excludes halogenated alkanes) is 3. The van der Waals surface area contributed by atoms with Gasteiger partial charge in [-0.3, -0.25) is 43.7 Å². The number of thiazole rings is 1. The maximum atomic E-state index is 13.8. The molecule has 29 heteroatoms. The third kappa shape index (κ3) is 18.5. The maximum absolute atomic E-state index is 13.8. The lowest BCUT2D eigenvalue weighted by Crippen LogP contribution is -2.64. The third-order valence-corrected chi connectivity index (χ3v) is 21.8. The van der Waals surface area contributed by atoms with E-state index in [0.29, 0.717) is 100 Å². The molecule has 9 N–H and O–H groups in total. The normalized spacial score (nSPS) is 23.3. The van der Waals surface area contributed by atoms with Gasteiger partial charge in [-0.2, -0.15) is 8.42 Å². The number of hydrogen-bond donors (Lipinski definition) is 8. The van der Waals surface area contributed by atoms with Crippen molar-refractivity contribution in [1.29, 1.82) is 0 Å². The Morgan fingerprint density at radius 2 is 1.62 bits per heavy atom. The second-order valence-electron chi connectivity index (χ2n) is 28.9. The Morgan fingerprint density at radius 3 is 2.34 bits per heavy atom. The van der Waals surface area contributed by atoms with Gasteiger partial charge in [0, 0.05) is 98.8 Å². The Morgan fingerprint density at radius 1 is 0.856 bits per heavy atom. The van der Waals surface area contributed by atoms with Gasteiger partial charge in [0.1, 0.15) is 24.2 Å². The number of amides is 6. The predicted molar refractivity (Wildman–Crippen MR) is 387 cm³/mol. The van der Waals surface area contributed by atoms with Crippen molar-refractivity contribution in [2.24, 2.45) is 27.0 Å². The predicted octanol–water partition coefficient (Wildman–Crippen LogP) is 9.25. The Kier molecular flexibility index (Phi) is 23.1. The summed E-state index contributed by atoms with van der Waals surface area (Å²) in [5.74, 6) is -5.98. The summed E-state index contributed by atoms with van der Waals surface area (Å²) in [6.45, 7) is 7.31. The van der Waals surface area contributed by atoms with Crippen LogP contribution in [0.2, 0.25) is 0 Å². The van der Waals surface area contributed by atoms with Crippen molar-refractivity contribution in [2.75, 3.05) is 50.9 Å². The second kappa shape index (κ2) is 31.8. The molecule has 2 aromatic heterocycles. The van der Waals surface area contributed by atoms with Crippen LogP contribution in [0.5, 0.6) is 5.75 Å². The molecule has 6 atom stereocenters. The fraction of sp³-hybridized carbons (Fsp3) is 0.453. The van der Waals surface area contributed by atoms with E-state index in [1.54, 1.807) is 49.5 Å². The standard InChI is InChI=1S/C75H87N9O18S2/c1-45(55(35-76)52-23-24-56(80-65(52)69(93)94)48-20-19-46-14-12-15-53(54(46)32-48)66(89)82-70-81-57-16-7-8-17-60(57)103-70)78-44-74-39-72(2)38-73(3,40-74)42-75(41-72,43-74)100-30-29-83(4)71(95)99-36-49-21-22-51(101-64-34-50(85)33-59(102-64)68(91)92)31-47(49)13-9-10-27-77-67(90)58(37-104(96,97)98)79-61(86)18-6-5-11-28-84-62(87)25-26-63(84)88/h7-8,12,14-17,19-26,31-32,35,50,58-59,64,85H,5-6,9-11,13,18,27-30,33-34,36-44,76H2,1-4H3,(H,77,90)(H,79,86)(H,91,92)(H,93,94)(H,81,82,89)(H,96,97,98)/t50-,58-,59-,64+,72?,73?,74?,75?/m0/s1. The first-order valence-corrected chi connectivity index (χ1v) is 37.2. The number of carbonyl (C=O) groups is 8. The SMILES string of the molecule is CC(=NCC12CC3(C)CC(C)(C1)CC(OCCN(C)C(=O)OCc1ccc(O[C@H]4C[C@@H](O)C[C@@H](C(=O)O)O4)cc1CCCCNC(=O)[C@H](CS(=O)(=O)O)NC(=O)CCCCCN1C(=O)C=CC1=O)(C3)C2)C(=CN)c1ccc(-c2ccc3cccc(C(=O)Nc4nc5ccccc5s4)c3c2)nc1C(=O)O. The minimum atomic E-state index is -4.72. The number of nitrogens with two attached hydrogens (primary N) is 1. The minimum Gasteiger partial charge on any atom is -0.479 e. The van der Waals surface area contributed by atoms with Crippen molar-refractivity contribution in [3.05, 3.63) is 137 Å². The number of pyridine rings is 1. The molecule has 104 heavy (non-hydrogen) atoms. The smallest absolute Gasteiger partial charge is 0.409 e. The lowest BCUT2D eigenvalue weighted by atomic mass is 9.39. The van der Waals surface area contributed by atoms with Gasteiger partial charge in [-0.25, -0.2) is 24.4 Å². The third-order valence-electron chi connectivity index (χ3n) is 20.1. The quantitative estimate of drug-likeness (QED) is 0.00843. The van der Waals surface area contributed by atoms with Gasteiger partial charge in [-0.1, -0.05) is 74.1 Å². The molecule has 4 heterocycles. The number of aryl methyl sites for hydroxylation is 1. The van der Waals surface area contributed by atoms with Crippen LogP contribution in [-0.2, 0) is 61.3 Å². The van der Waals surface area contributed by atoms with Gasteiger partial charge in [0.05, 0.1) is 34.2 Å². The van der Waals surface area contributed by atoms with E-state index < -0.39 is 87.7 Å². The van der Waals surface area contributed by atoms with E-state index in [1.807, 2.05) is 55.5 Å². The van der Waals surface area contributed by atoms with Crippen LogP contribution < -0.4 is 26.4 Å². The number of likely N-dealkylation sites (N-methyl/N-ethyl adjacent to an activating group) is 1. The van der Waals surface area contributed by atoms with E-state index in [4.69, 9.17) is 29.7 Å². The van der Waals surface area contributed by atoms with E-state index in [1.165, 1.54) is 34.6 Å². The number of ether oxygens (including phenoxy) is 4. The summed E-state index contributed by atoms with van der Waals surface area (Å²) in [4.78, 5) is 119. The molecular weight excluding hydrogens is 1380 g/mol. The molecule has 4 aliphatic carbocycles. The molecule has 5 fully saturated rings. The number of nitrogens with zero attached hydrogens (tertiary/aromatic N) is 5. The number of aliphatic imine (C=N–C) groups is 1. The average Bonchev–Trinajstić information content (AvgIpc) is 0.761. The van der Waals surface area contributed by atoms with Crippen LogP contribution in [0.3, 0.4) is 0 Å². The fourth-order valence-corrected chi connectivity index (χ4v) is 18.0. The molecule has 4 bridgehead atoms.